The van der Waals surface area contributed by atoms with Gasteiger partial charge in [-0.25, -0.2) is 4.39 Å². The molecule has 1 aromatic carbocycles. The third-order valence-electron chi connectivity index (χ3n) is 2.58. The highest BCUT2D eigenvalue weighted by Crippen LogP contribution is 2.18. The quantitative estimate of drug-likeness (QED) is 0.877. The summed E-state index contributed by atoms with van der Waals surface area (Å²) in [7, 11) is 0. The highest BCUT2D eigenvalue weighted by atomic mass is 32.2. The van der Waals surface area contributed by atoms with Crippen LogP contribution in [0.4, 0.5) is 10.1 Å². The number of thioether (sulfide) groups is 1. The monoisotopic (exact) mass is 265 g/mol. The standard InChI is InChI=1S/C14H16FNOS/c1-10-3-6-14(13(15)7-10)16-8-11-4-5-12(17-11)9-18-2/h3-7,16H,8-9H2,1-2H3. The average Bonchev–Trinajstić information content (AvgIpc) is 2.76. The van der Waals surface area contributed by atoms with E-state index in [2.05, 4.69) is 5.32 Å². The number of aryl methyl sites for hydroxylation is 1. The molecule has 1 aromatic heterocycles. The van der Waals surface area contributed by atoms with Gasteiger partial charge in [-0.05, 0) is 43.0 Å². The number of nitrogens with one attached hydrogen (secondary N) is 1. The number of furan rings is 1. The number of halogens is 1. The van der Waals surface area contributed by atoms with Crippen molar-refractivity contribution >= 4 is 17.4 Å². The largest absolute Gasteiger partial charge is 0.463 e. The molecule has 0 spiro atoms. The minimum absolute atomic E-state index is 0.231. The second kappa shape index (κ2) is 5.96. The summed E-state index contributed by atoms with van der Waals surface area (Å²) >= 11 is 1.71. The maximum Gasteiger partial charge on any atom is 0.146 e. The van der Waals surface area contributed by atoms with E-state index in [0.29, 0.717) is 12.2 Å². The minimum atomic E-state index is -0.231. The van der Waals surface area contributed by atoms with Gasteiger partial charge in [-0.3, -0.25) is 0 Å². The summed E-state index contributed by atoms with van der Waals surface area (Å²) < 4.78 is 19.2. The Labute approximate surface area is 111 Å². The first kappa shape index (κ1) is 13.0. The number of hydrogen-bond donors (Lipinski definition) is 1. The summed E-state index contributed by atoms with van der Waals surface area (Å²) in [6, 6.07) is 9.02. The van der Waals surface area contributed by atoms with Crippen LogP contribution in [0.1, 0.15) is 17.1 Å². The van der Waals surface area contributed by atoms with Crippen molar-refractivity contribution in [2.45, 2.75) is 19.2 Å². The molecule has 0 aliphatic rings. The zero-order valence-corrected chi connectivity index (χ0v) is 11.3. The van der Waals surface area contributed by atoms with Crippen LogP contribution >= 0.6 is 11.8 Å². The predicted molar refractivity (Wildman–Crippen MR) is 74.4 cm³/mol. The molecule has 0 saturated heterocycles. The van der Waals surface area contributed by atoms with E-state index in [9.17, 15) is 4.39 Å². The lowest BCUT2D eigenvalue weighted by Crippen LogP contribution is -2.00. The van der Waals surface area contributed by atoms with Crippen molar-refractivity contribution in [3.8, 4) is 0 Å². The van der Waals surface area contributed by atoms with E-state index in [4.69, 9.17) is 4.42 Å². The molecule has 2 aromatic rings. The molecule has 0 bridgehead atoms. The van der Waals surface area contributed by atoms with E-state index in [-0.39, 0.29) is 5.82 Å². The van der Waals surface area contributed by atoms with Crippen molar-refractivity contribution in [1.29, 1.82) is 0 Å². The molecule has 1 heterocycles. The summed E-state index contributed by atoms with van der Waals surface area (Å²) in [5.41, 5.74) is 1.42. The average molecular weight is 265 g/mol. The van der Waals surface area contributed by atoms with Crippen LogP contribution in [0, 0.1) is 12.7 Å². The van der Waals surface area contributed by atoms with Gasteiger partial charge >= 0.3 is 0 Å². The fourth-order valence-corrected chi connectivity index (χ4v) is 2.12. The van der Waals surface area contributed by atoms with E-state index in [1.807, 2.05) is 31.4 Å². The Hall–Kier alpha value is -1.42. The van der Waals surface area contributed by atoms with Crippen LogP contribution in [-0.2, 0) is 12.3 Å². The molecular weight excluding hydrogens is 249 g/mol. The molecule has 0 aliphatic heterocycles. The first-order valence-electron chi connectivity index (χ1n) is 5.75. The fourth-order valence-electron chi connectivity index (χ4n) is 1.68. The van der Waals surface area contributed by atoms with Crippen LogP contribution in [0.25, 0.3) is 0 Å². The van der Waals surface area contributed by atoms with E-state index in [1.54, 1.807) is 17.8 Å². The van der Waals surface area contributed by atoms with Crippen molar-refractivity contribution < 1.29 is 8.81 Å². The van der Waals surface area contributed by atoms with Gasteiger partial charge in [0, 0.05) is 0 Å². The molecule has 0 radical (unpaired) electrons. The highest BCUT2D eigenvalue weighted by Gasteiger charge is 2.04. The van der Waals surface area contributed by atoms with Gasteiger partial charge < -0.3 is 9.73 Å². The second-order valence-corrected chi connectivity index (χ2v) is 5.00. The Kier molecular flexibility index (Phi) is 4.31. The first-order chi connectivity index (χ1) is 8.69. The molecule has 0 amide bonds. The Morgan fingerprint density at radius 2 is 2.00 bits per heavy atom. The topological polar surface area (TPSA) is 25.2 Å². The molecule has 96 valence electrons. The van der Waals surface area contributed by atoms with Gasteiger partial charge in [-0.15, -0.1) is 0 Å². The summed E-state index contributed by atoms with van der Waals surface area (Å²) in [5.74, 6) is 2.40. The van der Waals surface area contributed by atoms with Gasteiger partial charge in [-0.2, -0.15) is 11.8 Å². The summed E-state index contributed by atoms with van der Waals surface area (Å²) in [5, 5.41) is 3.04. The molecule has 1 N–H and O–H groups in total. The first-order valence-corrected chi connectivity index (χ1v) is 7.15. The van der Waals surface area contributed by atoms with Gasteiger partial charge in [0.2, 0.25) is 0 Å². The van der Waals surface area contributed by atoms with Crippen LogP contribution in [0.2, 0.25) is 0 Å². The van der Waals surface area contributed by atoms with Crippen molar-refractivity contribution in [2.75, 3.05) is 11.6 Å². The zero-order chi connectivity index (χ0) is 13.0. The van der Waals surface area contributed by atoms with Crippen LogP contribution in [-0.4, -0.2) is 6.26 Å². The number of benzene rings is 1. The van der Waals surface area contributed by atoms with Gasteiger partial charge in [0.1, 0.15) is 17.3 Å². The Morgan fingerprint density at radius 3 is 2.72 bits per heavy atom. The maximum atomic E-state index is 13.6. The van der Waals surface area contributed by atoms with E-state index in [1.165, 1.54) is 6.07 Å². The third kappa shape index (κ3) is 3.29. The van der Waals surface area contributed by atoms with E-state index in [0.717, 1.165) is 22.8 Å². The second-order valence-electron chi connectivity index (χ2n) is 4.14. The zero-order valence-electron chi connectivity index (χ0n) is 10.5. The molecular formula is C14H16FNOS. The molecule has 2 rings (SSSR count). The third-order valence-corrected chi connectivity index (χ3v) is 3.15. The van der Waals surface area contributed by atoms with Crippen molar-refractivity contribution in [2.24, 2.45) is 0 Å². The lowest BCUT2D eigenvalue weighted by atomic mass is 10.2. The van der Waals surface area contributed by atoms with Crippen LogP contribution in [0.5, 0.6) is 0 Å². The molecule has 0 atom stereocenters. The van der Waals surface area contributed by atoms with Gasteiger partial charge in [0.15, 0.2) is 0 Å². The van der Waals surface area contributed by atoms with Crippen molar-refractivity contribution in [3.05, 3.63) is 53.2 Å². The summed E-state index contributed by atoms with van der Waals surface area (Å²) in [6.07, 6.45) is 2.03. The molecule has 0 unspecified atom stereocenters. The predicted octanol–water partition coefficient (Wildman–Crippen LogP) is 4.20. The van der Waals surface area contributed by atoms with Gasteiger partial charge in [-0.1, -0.05) is 6.07 Å². The van der Waals surface area contributed by atoms with Crippen LogP contribution in [0.15, 0.2) is 34.7 Å². The lowest BCUT2D eigenvalue weighted by molar-refractivity contribution is 0.487. The van der Waals surface area contributed by atoms with Crippen molar-refractivity contribution in [1.82, 2.24) is 0 Å². The van der Waals surface area contributed by atoms with E-state index >= 15 is 0 Å². The Morgan fingerprint density at radius 1 is 1.22 bits per heavy atom. The molecule has 0 saturated carbocycles. The summed E-state index contributed by atoms with van der Waals surface area (Å²) in [4.78, 5) is 0. The Bertz CT molecular complexity index is 524. The van der Waals surface area contributed by atoms with Gasteiger partial charge in [0.25, 0.3) is 0 Å². The highest BCUT2D eigenvalue weighted by molar-refractivity contribution is 7.97. The number of anilines is 1. The number of hydrogen-bond acceptors (Lipinski definition) is 3. The Balaban J connectivity index is 1.97. The normalized spacial score (nSPS) is 10.6. The molecule has 18 heavy (non-hydrogen) atoms. The molecule has 0 fully saturated rings. The van der Waals surface area contributed by atoms with Crippen LogP contribution in [0.3, 0.4) is 0 Å². The minimum Gasteiger partial charge on any atom is -0.463 e. The SMILES string of the molecule is CSCc1ccc(CNc2ccc(C)cc2F)o1. The van der Waals surface area contributed by atoms with Gasteiger partial charge in [0.05, 0.1) is 18.0 Å². The fraction of sp³-hybridized carbons (Fsp3) is 0.286. The van der Waals surface area contributed by atoms with Crippen LogP contribution < -0.4 is 5.32 Å². The smallest absolute Gasteiger partial charge is 0.146 e. The molecule has 0 aliphatic carbocycles. The maximum absolute atomic E-state index is 13.6. The number of rotatable bonds is 5. The summed E-state index contributed by atoms with van der Waals surface area (Å²) in [6.45, 7) is 2.36. The van der Waals surface area contributed by atoms with E-state index < -0.39 is 0 Å². The molecule has 2 nitrogen and oxygen atoms in total. The molecule has 4 heteroatoms. The lowest BCUT2D eigenvalue weighted by Gasteiger charge is -2.06. The van der Waals surface area contributed by atoms with Crippen molar-refractivity contribution in [3.63, 3.8) is 0 Å².